The first-order valence-corrected chi connectivity index (χ1v) is 8.92. The lowest BCUT2D eigenvalue weighted by Crippen LogP contribution is -2.16. The lowest BCUT2D eigenvalue weighted by atomic mass is 10.3. The van der Waals surface area contributed by atoms with Crippen LogP contribution < -0.4 is 10.0 Å². The van der Waals surface area contributed by atoms with E-state index in [9.17, 15) is 8.42 Å². The number of sulfonamides is 1. The first kappa shape index (κ1) is 15.8. The average Bonchev–Trinajstić information content (AvgIpc) is 2.40. The Morgan fingerprint density at radius 3 is 2.62 bits per heavy atom. The molecule has 0 aliphatic rings. The summed E-state index contributed by atoms with van der Waals surface area (Å²) < 4.78 is 26.8. The van der Waals surface area contributed by atoms with Crippen LogP contribution in [0.5, 0.6) is 0 Å². The van der Waals surface area contributed by atoms with Crippen molar-refractivity contribution in [2.24, 2.45) is 0 Å². The largest absolute Gasteiger partial charge is 0.340 e. The van der Waals surface area contributed by atoms with Crippen LogP contribution >= 0.6 is 15.9 Å². The molecular weight excluding hydrogens is 354 g/mol. The van der Waals surface area contributed by atoms with Gasteiger partial charge < -0.3 is 5.32 Å². The Labute approximate surface area is 133 Å². The Balaban J connectivity index is 2.05. The van der Waals surface area contributed by atoms with E-state index < -0.39 is 10.0 Å². The molecule has 5 nitrogen and oxygen atoms in total. The van der Waals surface area contributed by atoms with Gasteiger partial charge in [0.25, 0.3) is 0 Å². The number of aromatic nitrogens is 1. The van der Waals surface area contributed by atoms with Gasteiger partial charge in [0.1, 0.15) is 5.82 Å². The Morgan fingerprint density at radius 1 is 1.19 bits per heavy atom. The molecule has 0 aliphatic heterocycles. The van der Waals surface area contributed by atoms with Gasteiger partial charge in [0.05, 0.1) is 17.6 Å². The van der Waals surface area contributed by atoms with Gasteiger partial charge in [-0.1, -0.05) is 28.9 Å². The van der Waals surface area contributed by atoms with Crippen molar-refractivity contribution in [2.45, 2.75) is 13.3 Å². The van der Waals surface area contributed by atoms with E-state index in [0.29, 0.717) is 17.9 Å². The summed E-state index contributed by atoms with van der Waals surface area (Å²) in [6.45, 7) is 1.82. The molecule has 0 saturated carbocycles. The highest BCUT2D eigenvalue weighted by molar-refractivity contribution is 9.10. The molecule has 1 aromatic carbocycles. The van der Waals surface area contributed by atoms with Gasteiger partial charge >= 0.3 is 0 Å². The van der Waals surface area contributed by atoms with E-state index in [4.69, 9.17) is 0 Å². The molecule has 2 rings (SSSR count). The monoisotopic (exact) mass is 369 g/mol. The number of hydrogen-bond acceptors (Lipinski definition) is 4. The molecule has 0 bridgehead atoms. The predicted molar refractivity (Wildman–Crippen MR) is 89.4 cm³/mol. The zero-order chi connectivity index (χ0) is 15.3. The third kappa shape index (κ3) is 5.02. The molecule has 21 heavy (non-hydrogen) atoms. The maximum atomic E-state index is 11.7. The van der Waals surface area contributed by atoms with E-state index >= 15 is 0 Å². The maximum absolute atomic E-state index is 11.7. The van der Waals surface area contributed by atoms with Gasteiger partial charge in [0, 0.05) is 10.2 Å². The van der Waals surface area contributed by atoms with Crippen LogP contribution in [0.2, 0.25) is 0 Å². The molecular formula is C14H16BrN3O2S. The van der Waals surface area contributed by atoms with Crippen molar-refractivity contribution in [2.75, 3.05) is 15.8 Å². The summed E-state index contributed by atoms with van der Waals surface area (Å²) >= 11 is 3.40. The van der Waals surface area contributed by atoms with Gasteiger partial charge in [0.2, 0.25) is 10.0 Å². The molecule has 7 heteroatoms. The van der Waals surface area contributed by atoms with Gasteiger partial charge in [-0.15, -0.1) is 0 Å². The summed E-state index contributed by atoms with van der Waals surface area (Å²) in [5.74, 6) is 0.747. The first-order chi connectivity index (χ1) is 9.98. The van der Waals surface area contributed by atoms with Gasteiger partial charge in [-0.05, 0) is 36.8 Å². The number of nitrogens with one attached hydrogen (secondary N) is 2. The van der Waals surface area contributed by atoms with Crippen molar-refractivity contribution in [3.8, 4) is 0 Å². The Kier molecular flexibility index (Phi) is 5.19. The van der Waals surface area contributed by atoms with E-state index in [1.165, 1.54) is 6.20 Å². The number of anilines is 3. The van der Waals surface area contributed by atoms with E-state index in [1.807, 2.05) is 31.2 Å². The smallest absolute Gasteiger partial charge is 0.232 e. The number of benzene rings is 1. The molecule has 112 valence electrons. The minimum Gasteiger partial charge on any atom is -0.340 e. The minimum absolute atomic E-state index is 0.102. The zero-order valence-electron chi connectivity index (χ0n) is 11.5. The topological polar surface area (TPSA) is 71.1 Å². The van der Waals surface area contributed by atoms with Crippen LogP contribution in [-0.4, -0.2) is 19.2 Å². The van der Waals surface area contributed by atoms with Crippen LogP contribution in [0.15, 0.2) is 47.1 Å². The molecule has 0 atom stereocenters. The normalized spacial score (nSPS) is 11.1. The molecule has 1 aromatic heterocycles. The fourth-order valence-corrected chi connectivity index (χ4v) is 3.26. The van der Waals surface area contributed by atoms with Crippen molar-refractivity contribution in [3.05, 3.63) is 47.1 Å². The van der Waals surface area contributed by atoms with Crippen LogP contribution in [0.25, 0.3) is 0 Å². The number of nitrogens with zero attached hydrogens (tertiary/aromatic N) is 1. The maximum Gasteiger partial charge on any atom is 0.232 e. The standard InChI is InChI=1S/C14H16BrN3O2S/c1-2-8-21(19,20)18-13-6-7-14(16-10-13)17-12-5-3-4-11(15)9-12/h3-7,9-10,18H,2,8H2,1H3,(H,16,17). The summed E-state index contributed by atoms with van der Waals surface area (Å²) in [7, 11) is -3.28. The van der Waals surface area contributed by atoms with E-state index in [-0.39, 0.29) is 5.75 Å². The molecule has 0 fully saturated rings. The summed E-state index contributed by atoms with van der Waals surface area (Å²) in [6, 6.07) is 11.1. The second kappa shape index (κ2) is 6.91. The van der Waals surface area contributed by atoms with Gasteiger partial charge in [-0.2, -0.15) is 0 Å². The predicted octanol–water partition coefficient (Wildman–Crippen LogP) is 3.74. The van der Waals surface area contributed by atoms with Gasteiger partial charge in [-0.25, -0.2) is 13.4 Å². The fraction of sp³-hybridized carbons (Fsp3) is 0.214. The van der Waals surface area contributed by atoms with Crippen LogP contribution in [-0.2, 0) is 10.0 Å². The molecule has 0 saturated heterocycles. The van der Waals surface area contributed by atoms with Crippen molar-refractivity contribution in [1.82, 2.24) is 4.98 Å². The lowest BCUT2D eigenvalue weighted by molar-refractivity contribution is 0.600. The molecule has 0 unspecified atom stereocenters. The molecule has 2 aromatic rings. The zero-order valence-corrected chi connectivity index (χ0v) is 13.9. The van der Waals surface area contributed by atoms with Crippen LogP contribution in [0.3, 0.4) is 0 Å². The van der Waals surface area contributed by atoms with Crippen molar-refractivity contribution in [1.29, 1.82) is 0 Å². The summed E-state index contributed by atoms with van der Waals surface area (Å²) in [4.78, 5) is 4.19. The third-order valence-corrected chi connectivity index (χ3v) is 4.59. The average molecular weight is 370 g/mol. The fourth-order valence-electron chi connectivity index (χ4n) is 1.74. The summed E-state index contributed by atoms with van der Waals surface area (Å²) in [6.07, 6.45) is 2.07. The number of rotatable bonds is 6. The van der Waals surface area contributed by atoms with Crippen molar-refractivity contribution < 1.29 is 8.42 Å². The van der Waals surface area contributed by atoms with Crippen molar-refractivity contribution in [3.63, 3.8) is 0 Å². The molecule has 2 N–H and O–H groups in total. The van der Waals surface area contributed by atoms with Crippen LogP contribution in [0.4, 0.5) is 17.2 Å². The summed E-state index contributed by atoms with van der Waals surface area (Å²) in [5, 5.41) is 3.14. The van der Waals surface area contributed by atoms with Crippen LogP contribution in [0, 0.1) is 0 Å². The summed E-state index contributed by atoms with van der Waals surface area (Å²) in [5.41, 5.74) is 1.36. The quantitative estimate of drug-likeness (QED) is 0.813. The molecule has 0 aliphatic carbocycles. The second-order valence-corrected chi connectivity index (χ2v) is 7.25. The first-order valence-electron chi connectivity index (χ1n) is 6.47. The Hall–Kier alpha value is -1.60. The molecule has 0 radical (unpaired) electrons. The van der Waals surface area contributed by atoms with Gasteiger partial charge in [-0.3, -0.25) is 4.72 Å². The number of pyridine rings is 1. The van der Waals surface area contributed by atoms with E-state index in [2.05, 4.69) is 31.0 Å². The highest BCUT2D eigenvalue weighted by atomic mass is 79.9. The van der Waals surface area contributed by atoms with E-state index in [0.717, 1.165) is 10.2 Å². The number of hydrogen-bond donors (Lipinski definition) is 2. The van der Waals surface area contributed by atoms with Gasteiger partial charge in [0.15, 0.2) is 0 Å². The highest BCUT2D eigenvalue weighted by Crippen LogP contribution is 2.20. The highest BCUT2D eigenvalue weighted by Gasteiger charge is 2.08. The number of halogens is 1. The SMILES string of the molecule is CCCS(=O)(=O)Nc1ccc(Nc2cccc(Br)c2)nc1. The molecule has 0 amide bonds. The van der Waals surface area contributed by atoms with E-state index in [1.54, 1.807) is 12.1 Å². The lowest BCUT2D eigenvalue weighted by Gasteiger charge is -2.09. The Bertz CT molecular complexity index is 702. The molecule has 1 heterocycles. The molecule has 0 spiro atoms. The minimum atomic E-state index is -3.28. The Morgan fingerprint density at radius 2 is 2.00 bits per heavy atom. The van der Waals surface area contributed by atoms with Crippen LogP contribution in [0.1, 0.15) is 13.3 Å². The van der Waals surface area contributed by atoms with Crippen molar-refractivity contribution >= 4 is 43.1 Å². The second-order valence-electron chi connectivity index (χ2n) is 4.49. The third-order valence-electron chi connectivity index (χ3n) is 2.61.